The molecule has 1 heterocycles. The van der Waals surface area contributed by atoms with Crippen LogP contribution in [0.25, 0.3) is 0 Å². The molecule has 17 heavy (non-hydrogen) atoms. The zero-order chi connectivity index (χ0) is 12.8. The maximum atomic E-state index is 10.1. The molecule has 0 atom stereocenters. The topological polar surface area (TPSA) is 58.6 Å². The molecule has 0 unspecified atom stereocenters. The number of hydrogen-bond donors (Lipinski definition) is 2. The van der Waals surface area contributed by atoms with Crippen LogP contribution < -0.4 is 5.32 Å². The zero-order valence-corrected chi connectivity index (χ0v) is 11.0. The standard InChI is InChI=1S/C9H18O2.C4H9NO/c1-2-3-4-5-6-7-8-9(10)11;1-3-6-4-2-5-1/h2-8H2,1H3,(H,10,11);5H,1-4H2. The van der Waals surface area contributed by atoms with Gasteiger partial charge in [-0.05, 0) is 6.42 Å². The van der Waals surface area contributed by atoms with E-state index >= 15 is 0 Å². The summed E-state index contributed by atoms with van der Waals surface area (Å²) in [6.45, 7) is 6.01. The van der Waals surface area contributed by atoms with Gasteiger partial charge in [0, 0.05) is 19.5 Å². The molecule has 0 saturated carbocycles. The molecule has 1 saturated heterocycles. The molecule has 1 rings (SSSR count). The molecule has 0 aromatic rings. The fourth-order valence-electron chi connectivity index (χ4n) is 1.57. The highest BCUT2D eigenvalue weighted by Crippen LogP contribution is 2.06. The van der Waals surface area contributed by atoms with Crippen LogP contribution in [-0.2, 0) is 9.53 Å². The third-order valence-corrected chi connectivity index (χ3v) is 2.59. The number of hydrogen-bond acceptors (Lipinski definition) is 3. The van der Waals surface area contributed by atoms with Crippen molar-refractivity contribution in [1.29, 1.82) is 0 Å². The van der Waals surface area contributed by atoms with E-state index in [2.05, 4.69) is 12.2 Å². The predicted molar refractivity (Wildman–Crippen MR) is 69.3 cm³/mol. The second kappa shape index (κ2) is 13.5. The van der Waals surface area contributed by atoms with Gasteiger partial charge in [-0.15, -0.1) is 0 Å². The maximum Gasteiger partial charge on any atom is 0.303 e. The quantitative estimate of drug-likeness (QED) is 0.676. The first-order valence-electron chi connectivity index (χ1n) is 6.77. The smallest absolute Gasteiger partial charge is 0.303 e. The van der Waals surface area contributed by atoms with Crippen LogP contribution in [0.3, 0.4) is 0 Å². The Morgan fingerprint density at radius 1 is 1.12 bits per heavy atom. The molecule has 0 aliphatic carbocycles. The van der Waals surface area contributed by atoms with Crippen LogP contribution in [0.5, 0.6) is 0 Å². The minimum atomic E-state index is -0.666. The molecule has 0 spiro atoms. The predicted octanol–water partition coefficient (Wildman–Crippen LogP) is 2.43. The Hall–Kier alpha value is -0.610. The normalized spacial score (nSPS) is 14.9. The molecule has 0 aromatic carbocycles. The summed E-state index contributed by atoms with van der Waals surface area (Å²) in [6.07, 6.45) is 7.25. The van der Waals surface area contributed by atoms with Crippen LogP contribution in [0.1, 0.15) is 51.9 Å². The summed E-state index contributed by atoms with van der Waals surface area (Å²) in [4.78, 5) is 10.1. The number of ether oxygens (including phenoxy) is 1. The van der Waals surface area contributed by atoms with Crippen molar-refractivity contribution in [1.82, 2.24) is 5.32 Å². The second-order valence-electron chi connectivity index (χ2n) is 4.27. The minimum Gasteiger partial charge on any atom is -0.481 e. The van der Waals surface area contributed by atoms with Crippen molar-refractivity contribution >= 4 is 5.97 Å². The number of carbonyl (C=O) groups is 1. The van der Waals surface area contributed by atoms with Crippen molar-refractivity contribution in [3.63, 3.8) is 0 Å². The number of aliphatic carboxylic acids is 1. The van der Waals surface area contributed by atoms with Crippen molar-refractivity contribution < 1.29 is 14.6 Å². The maximum absolute atomic E-state index is 10.1. The molecule has 4 nitrogen and oxygen atoms in total. The van der Waals surface area contributed by atoms with E-state index < -0.39 is 5.97 Å². The fraction of sp³-hybridized carbons (Fsp3) is 0.923. The SMILES string of the molecule is C1COCCN1.CCCCCCCCC(=O)O. The Labute approximate surface area is 105 Å². The Bertz CT molecular complexity index is 159. The Morgan fingerprint density at radius 2 is 1.71 bits per heavy atom. The summed E-state index contributed by atoms with van der Waals surface area (Å²) in [6, 6.07) is 0. The van der Waals surface area contributed by atoms with Gasteiger partial charge in [-0.2, -0.15) is 0 Å². The first kappa shape index (κ1) is 16.4. The van der Waals surface area contributed by atoms with Crippen molar-refractivity contribution in [2.45, 2.75) is 51.9 Å². The van der Waals surface area contributed by atoms with Crippen LogP contribution in [0, 0.1) is 0 Å². The molecular formula is C13H27NO3. The lowest BCUT2D eigenvalue weighted by Gasteiger charge is -2.10. The summed E-state index contributed by atoms with van der Waals surface area (Å²) in [5.74, 6) is -0.666. The Kier molecular flexibility index (Phi) is 13.0. The molecule has 0 radical (unpaired) electrons. The van der Waals surface area contributed by atoms with Crippen LogP contribution in [0.2, 0.25) is 0 Å². The number of rotatable bonds is 7. The van der Waals surface area contributed by atoms with Gasteiger partial charge in [0.1, 0.15) is 0 Å². The summed E-state index contributed by atoms with van der Waals surface area (Å²) in [7, 11) is 0. The molecule has 1 aliphatic heterocycles. The van der Waals surface area contributed by atoms with Gasteiger partial charge in [0.2, 0.25) is 0 Å². The average molecular weight is 245 g/mol. The van der Waals surface area contributed by atoms with E-state index in [1.807, 2.05) is 0 Å². The van der Waals surface area contributed by atoms with Crippen LogP contribution in [0.15, 0.2) is 0 Å². The zero-order valence-electron chi connectivity index (χ0n) is 11.0. The van der Waals surface area contributed by atoms with Crippen molar-refractivity contribution in [3.8, 4) is 0 Å². The van der Waals surface area contributed by atoms with Crippen molar-refractivity contribution in [2.24, 2.45) is 0 Å². The summed E-state index contributed by atoms with van der Waals surface area (Å²) < 4.78 is 5.01. The number of nitrogens with one attached hydrogen (secondary N) is 1. The second-order valence-corrected chi connectivity index (χ2v) is 4.27. The van der Waals surface area contributed by atoms with E-state index in [-0.39, 0.29) is 0 Å². The van der Waals surface area contributed by atoms with Gasteiger partial charge in [0.05, 0.1) is 13.2 Å². The minimum absolute atomic E-state index is 0.339. The van der Waals surface area contributed by atoms with Gasteiger partial charge < -0.3 is 15.2 Å². The van der Waals surface area contributed by atoms with Crippen LogP contribution in [-0.4, -0.2) is 37.4 Å². The molecule has 4 heteroatoms. The van der Waals surface area contributed by atoms with Crippen molar-refractivity contribution in [2.75, 3.05) is 26.3 Å². The molecule has 0 aromatic heterocycles. The third kappa shape index (κ3) is 15.4. The van der Waals surface area contributed by atoms with E-state index in [0.29, 0.717) is 6.42 Å². The average Bonchev–Trinajstić information content (AvgIpc) is 2.36. The molecule has 0 amide bonds. The van der Waals surface area contributed by atoms with Gasteiger partial charge >= 0.3 is 5.97 Å². The molecule has 102 valence electrons. The van der Waals surface area contributed by atoms with E-state index in [1.54, 1.807) is 0 Å². The number of carboxylic acids is 1. The monoisotopic (exact) mass is 245 g/mol. The van der Waals surface area contributed by atoms with Gasteiger partial charge in [-0.25, -0.2) is 0 Å². The van der Waals surface area contributed by atoms with Gasteiger partial charge in [0.25, 0.3) is 0 Å². The lowest BCUT2D eigenvalue weighted by Crippen LogP contribution is -2.30. The van der Waals surface area contributed by atoms with Gasteiger partial charge in [-0.3, -0.25) is 4.79 Å². The first-order chi connectivity index (χ1) is 8.27. The highest BCUT2D eigenvalue weighted by Gasteiger charge is 1.95. The highest BCUT2D eigenvalue weighted by molar-refractivity contribution is 5.66. The Morgan fingerprint density at radius 3 is 2.12 bits per heavy atom. The van der Waals surface area contributed by atoms with Gasteiger partial charge in [-0.1, -0.05) is 39.0 Å². The van der Waals surface area contributed by atoms with E-state index in [4.69, 9.17) is 9.84 Å². The molecule has 1 fully saturated rings. The lowest BCUT2D eigenvalue weighted by molar-refractivity contribution is -0.137. The van der Waals surface area contributed by atoms with Gasteiger partial charge in [0.15, 0.2) is 0 Å². The Balaban J connectivity index is 0.000000354. The lowest BCUT2D eigenvalue weighted by atomic mass is 10.1. The van der Waals surface area contributed by atoms with E-state index in [1.165, 1.54) is 25.7 Å². The third-order valence-electron chi connectivity index (χ3n) is 2.59. The van der Waals surface area contributed by atoms with Crippen molar-refractivity contribution in [3.05, 3.63) is 0 Å². The summed E-state index contributed by atoms with van der Waals surface area (Å²) in [5, 5.41) is 11.5. The molecule has 2 N–H and O–H groups in total. The molecule has 1 aliphatic rings. The fourth-order valence-corrected chi connectivity index (χ4v) is 1.57. The number of morpholine rings is 1. The van der Waals surface area contributed by atoms with Crippen LogP contribution in [0.4, 0.5) is 0 Å². The number of carboxylic acid groups (broad SMARTS) is 1. The number of unbranched alkanes of at least 4 members (excludes halogenated alkanes) is 5. The molecule has 0 bridgehead atoms. The molecular weight excluding hydrogens is 218 g/mol. The summed E-state index contributed by atoms with van der Waals surface area (Å²) in [5.41, 5.74) is 0. The highest BCUT2D eigenvalue weighted by atomic mass is 16.5. The largest absolute Gasteiger partial charge is 0.481 e. The van der Waals surface area contributed by atoms with E-state index in [9.17, 15) is 4.79 Å². The van der Waals surface area contributed by atoms with Crippen LogP contribution >= 0.6 is 0 Å². The first-order valence-corrected chi connectivity index (χ1v) is 6.77. The summed E-state index contributed by atoms with van der Waals surface area (Å²) >= 11 is 0. The van der Waals surface area contributed by atoms with E-state index in [0.717, 1.165) is 39.1 Å².